The standard InChI is InChI=1S/C13H28N2OS/c1-2-3-4-5-6-7-8-9-10-14-13(17)15-11-12-16/h16H,2-12H2,1H3,(H2,14,15,17). The van der Waals surface area contributed by atoms with Gasteiger partial charge in [-0.1, -0.05) is 51.9 Å². The van der Waals surface area contributed by atoms with Crippen LogP contribution >= 0.6 is 12.2 Å². The van der Waals surface area contributed by atoms with E-state index in [1.807, 2.05) is 0 Å². The van der Waals surface area contributed by atoms with Crippen LogP contribution in [0.5, 0.6) is 0 Å². The predicted octanol–water partition coefficient (Wildman–Crippen LogP) is 2.58. The van der Waals surface area contributed by atoms with Gasteiger partial charge >= 0.3 is 0 Å². The molecular weight excluding hydrogens is 232 g/mol. The van der Waals surface area contributed by atoms with Gasteiger partial charge in [0.15, 0.2) is 5.11 Å². The van der Waals surface area contributed by atoms with E-state index >= 15 is 0 Å². The van der Waals surface area contributed by atoms with Crippen molar-refractivity contribution in [3.8, 4) is 0 Å². The third-order valence-corrected chi connectivity index (χ3v) is 3.00. The van der Waals surface area contributed by atoms with Crippen molar-refractivity contribution in [3.05, 3.63) is 0 Å². The van der Waals surface area contributed by atoms with Crippen LogP contribution in [0.1, 0.15) is 58.3 Å². The second kappa shape index (κ2) is 13.7. The van der Waals surface area contributed by atoms with Crippen molar-refractivity contribution in [3.63, 3.8) is 0 Å². The maximum Gasteiger partial charge on any atom is 0.166 e. The highest BCUT2D eigenvalue weighted by Gasteiger charge is 1.94. The van der Waals surface area contributed by atoms with Crippen molar-refractivity contribution in [2.45, 2.75) is 58.3 Å². The molecule has 0 aromatic carbocycles. The SMILES string of the molecule is CCCCCCCCCCNC(=S)NCCO. The summed E-state index contributed by atoms with van der Waals surface area (Å²) in [6.45, 7) is 3.84. The topological polar surface area (TPSA) is 44.3 Å². The first-order valence-corrected chi connectivity index (χ1v) is 7.34. The molecule has 0 radical (unpaired) electrons. The summed E-state index contributed by atoms with van der Waals surface area (Å²) < 4.78 is 0. The number of unbranched alkanes of at least 4 members (excludes halogenated alkanes) is 7. The van der Waals surface area contributed by atoms with E-state index in [-0.39, 0.29) is 6.61 Å². The average Bonchev–Trinajstić information content (AvgIpc) is 2.34. The van der Waals surface area contributed by atoms with Gasteiger partial charge in [-0.05, 0) is 18.6 Å². The highest BCUT2D eigenvalue weighted by atomic mass is 32.1. The molecule has 0 aliphatic heterocycles. The van der Waals surface area contributed by atoms with Crippen molar-refractivity contribution in [1.29, 1.82) is 0 Å². The Morgan fingerprint density at radius 1 is 0.882 bits per heavy atom. The molecule has 0 saturated carbocycles. The highest BCUT2D eigenvalue weighted by molar-refractivity contribution is 7.80. The molecule has 0 unspecified atom stereocenters. The maximum absolute atomic E-state index is 8.60. The van der Waals surface area contributed by atoms with Gasteiger partial charge in [0.2, 0.25) is 0 Å². The minimum absolute atomic E-state index is 0.125. The average molecular weight is 260 g/mol. The van der Waals surface area contributed by atoms with E-state index in [1.54, 1.807) is 0 Å². The Kier molecular flexibility index (Phi) is 13.4. The molecule has 0 aliphatic rings. The number of aliphatic hydroxyl groups is 1. The van der Waals surface area contributed by atoms with Gasteiger partial charge in [-0.2, -0.15) is 0 Å². The third kappa shape index (κ3) is 13.6. The molecule has 0 rings (SSSR count). The second-order valence-electron chi connectivity index (χ2n) is 4.38. The quantitative estimate of drug-likeness (QED) is 0.395. The van der Waals surface area contributed by atoms with Gasteiger partial charge in [0, 0.05) is 13.1 Å². The van der Waals surface area contributed by atoms with Crippen molar-refractivity contribution in [2.75, 3.05) is 19.7 Å². The Morgan fingerprint density at radius 3 is 2.00 bits per heavy atom. The van der Waals surface area contributed by atoms with Gasteiger partial charge in [0.05, 0.1) is 6.61 Å². The molecule has 0 aromatic rings. The molecule has 0 bridgehead atoms. The monoisotopic (exact) mass is 260 g/mol. The highest BCUT2D eigenvalue weighted by Crippen LogP contribution is 2.07. The molecule has 0 aliphatic carbocycles. The van der Waals surface area contributed by atoms with Crippen LogP contribution in [-0.4, -0.2) is 29.9 Å². The lowest BCUT2D eigenvalue weighted by Gasteiger charge is -2.08. The van der Waals surface area contributed by atoms with Crippen LogP contribution < -0.4 is 10.6 Å². The smallest absolute Gasteiger partial charge is 0.166 e. The van der Waals surface area contributed by atoms with Crippen LogP contribution in [0.2, 0.25) is 0 Å². The van der Waals surface area contributed by atoms with Gasteiger partial charge in [0.1, 0.15) is 0 Å². The van der Waals surface area contributed by atoms with E-state index in [4.69, 9.17) is 17.3 Å². The summed E-state index contributed by atoms with van der Waals surface area (Å²) >= 11 is 5.03. The van der Waals surface area contributed by atoms with Crippen molar-refractivity contribution in [2.24, 2.45) is 0 Å². The summed E-state index contributed by atoms with van der Waals surface area (Å²) in [6.07, 6.45) is 10.6. The molecule has 3 N–H and O–H groups in total. The normalized spacial score (nSPS) is 10.2. The largest absolute Gasteiger partial charge is 0.395 e. The molecule has 0 spiro atoms. The lowest BCUT2D eigenvalue weighted by Crippen LogP contribution is -2.37. The second-order valence-corrected chi connectivity index (χ2v) is 4.79. The van der Waals surface area contributed by atoms with Crippen LogP contribution in [0.15, 0.2) is 0 Å². The fourth-order valence-corrected chi connectivity index (χ4v) is 1.90. The summed E-state index contributed by atoms with van der Waals surface area (Å²) in [7, 11) is 0. The Hall–Kier alpha value is -0.350. The predicted molar refractivity (Wildman–Crippen MR) is 78.3 cm³/mol. The molecule has 102 valence electrons. The number of aliphatic hydroxyl groups excluding tert-OH is 1. The lowest BCUT2D eigenvalue weighted by atomic mass is 10.1. The molecule has 17 heavy (non-hydrogen) atoms. The molecular formula is C13H28N2OS. The first-order valence-electron chi connectivity index (χ1n) is 6.93. The summed E-state index contributed by atoms with van der Waals surface area (Å²) in [4.78, 5) is 0. The van der Waals surface area contributed by atoms with E-state index in [1.165, 1.54) is 51.4 Å². The minimum atomic E-state index is 0.125. The molecule has 0 amide bonds. The van der Waals surface area contributed by atoms with Gasteiger partial charge in [-0.15, -0.1) is 0 Å². The number of thiocarbonyl (C=S) groups is 1. The van der Waals surface area contributed by atoms with E-state index in [2.05, 4.69) is 17.6 Å². The van der Waals surface area contributed by atoms with Gasteiger partial charge in [-0.25, -0.2) is 0 Å². The third-order valence-electron chi connectivity index (χ3n) is 2.71. The van der Waals surface area contributed by atoms with Crippen molar-refractivity contribution < 1.29 is 5.11 Å². The lowest BCUT2D eigenvalue weighted by molar-refractivity contribution is 0.300. The summed E-state index contributed by atoms with van der Waals surface area (Å²) in [5.41, 5.74) is 0. The number of nitrogens with one attached hydrogen (secondary N) is 2. The zero-order chi connectivity index (χ0) is 12.8. The number of hydrogen-bond donors (Lipinski definition) is 3. The van der Waals surface area contributed by atoms with E-state index in [0.717, 1.165) is 6.54 Å². The molecule has 4 heteroatoms. The van der Waals surface area contributed by atoms with Crippen molar-refractivity contribution in [1.82, 2.24) is 10.6 Å². The van der Waals surface area contributed by atoms with E-state index in [0.29, 0.717) is 11.7 Å². The minimum Gasteiger partial charge on any atom is -0.395 e. The number of hydrogen-bond acceptors (Lipinski definition) is 2. The van der Waals surface area contributed by atoms with E-state index < -0.39 is 0 Å². The molecule has 0 heterocycles. The molecule has 0 fully saturated rings. The first-order chi connectivity index (χ1) is 8.31. The maximum atomic E-state index is 8.60. The van der Waals surface area contributed by atoms with Crippen LogP contribution in [0.3, 0.4) is 0 Å². The fraction of sp³-hybridized carbons (Fsp3) is 0.923. The molecule has 0 aromatic heterocycles. The summed E-state index contributed by atoms with van der Waals surface area (Å²) in [5, 5.41) is 15.3. The molecule has 3 nitrogen and oxygen atoms in total. The zero-order valence-corrected chi connectivity index (χ0v) is 12.0. The Labute approximate surface area is 111 Å². The van der Waals surface area contributed by atoms with Crippen LogP contribution in [0.25, 0.3) is 0 Å². The fourth-order valence-electron chi connectivity index (χ4n) is 1.69. The Bertz CT molecular complexity index is 177. The van der Waals surface area contributed by atoms with Crippen LogP contribution in [0.4, 0.5) is 0 Å². The zero-order valence-electron chi connectivity index (χ0n) is 11.1. The molecule has 0 saturated heterocycles. The summed E-state index contributed by atoms with van der Waals surface area (Å²) in [6, 6.07) is 0. The Balaban J connectivity index is 3.05. The molecule has 0 atom stereocenters. The Morgan fingerprint density at radius 2 is 1.41 bits per heavy atom. The van der Waals surface area contributed by atoms with Gasteiger partial charge < -0.3 is 15.7 Å². The summed E-state index contributed by atoms with van der Waals surface area (Å²) in [5.74, 6) is 0. The van der Waals surface area contributed by atoms with Crippen LogP contribution in [-0.2, 0) is 0 Å². The van der Waals surface area contributed by atoms with Crippen molar-refractivity contribution >= 4 is 17.3 Å². The van der Waals surface area contributed by atoms with Gasteiger partial charge in [-0.3, -0.25) is 0 Å². The first kappa shape index (κ1) is 16.6. The number of rotatable bonds is 11. The van der Waals surface area contributed by atoms with Crippen LogP contribution in [0, 0.1) is 0 Å². The van der Waals surface area contributed by atoms with Gasteiger partial charge in [0.25, 0.3) is 0 Å². The van der Waals surface area contributed by atoms with E-state index in [9.17, 15) is 0 Å².